The molecule has 0 saturated carbocycles. The van der Waals surface area contributed by atoms with Crippen LogP contribution < -0.4 is 4.90 Å². The zero-order chi connectivity index (χ0) is 39.1. The molecule has 0 bridgehead atoms. The molecule has 10 aromatic carbocycles. The number of para-hydroxylation sites is 1. The Labute approximate surface area is 345 Å². The van der Waals surface area contributed by atoms with Gasteiger partial charge in [0.25, 0.3) is 0 Å². The third-order valence-corrected chi connectivity index (χ3v) is 12.0. The van der Waals surface area contributed by atoms with Crippen LogP contribution in [0.2, 0.25) is 0 Å². The molecule has 59 heavy (non-hydrogen) atoms. The molecule has 0 saturated heterocycles. The highest BCUT2D eigenvalue weighted by molar-refractivity contribution is 6.32. The van der Waals surface area contributed by atoms with Gasteiger partial charge in [-0.15, -0.1) is 0 Å². The molecular formula is C58H41N. The van der Waals surface area contributed by atoms with Gasteiger partial charge in [-0.25, -0.2) is 0 Å². The van der Waals surface area contributed by atoms with Crippen LogP contribution in [0.25, 0.3) is 82.0 Å². The van der Waals surface area contributed by atoms with Gasteiger partial charge in [0.05, 0.1) is 5.69 Å². The number of allylic oxidation sites excluding steroid dienone is 4. The first-order valence-electron chi connectivity index (χ1n) is 20.7. The Balaban J connectivity index is 1.14. The lowest BCUT2D eigenvalue weighted by molar-refractivity contribution is 1.04. The van der Waals surface area contributed by atoms with Crippen LogP contribution in [-0.4, -0.2) is 0 Å². The van der Waals surface area contributed by atoms with E-state index in [-0.39, 0.29) is 0 Å². The average Bonchev–Trinajstić information content (AvgIpc) is 3.32. The molecule has 278 valence electrons. The van der Waals surface area contributed by atoms with Crippen molar-refractivity contribution >= 4 is 65.7 Å². The van der Waals surface area contributed by atoms with Crippen molar-refractivity contribution in [3.8, 4) is 33.4 Å². The van der Waals surface area contributed by atoms with Gasteiger partial charge in [-0.1, -0.05) is 182 Å². The molecule has 11 rings (SSSR count). The Hall–Kier alpha value is -7.48. The van der Waals surface area contributed by atoms with Gasteiger partial charge < -0.3 is 4.90 Å². The molecule has 0 atom stereocenters. The quantitative estimate of drug-likeness (QED) is 0.147. The zero-order valence-electron chi connectivity index (χ0n) is 32.7. The second-order valence-corrected chi connectivity index (χ2v) is 15.5. The molecule has 1 nitrogen and oxygen atoms in total. The minimum absolute atomic E-state index is 1.05. The fourth-order valence-electron chi connectivity index (χ4n) is 9.33. The van der Waals surface area contributed by atoms with E-state index in [1.54, 1.807) is 0 Å². The minimum atomic E-state index is 1.05. The van der Waals surface area contributed by atoms with Gasteiger partial charge in [0.2, 0.25) is 0 Å². The Bertz CT molecular complexity index is 3230. The summed E-state index contributed by atoms with van der Waals surface area (Å²) in [5, 5.41) is 10.1. The van der Waals surface area contributed by atoms with E-state index in [0.29, 0.717) is 0 Å². The van der Waals surface area contributed by atoms with Gasteiger partial charge in [0, 0.05) is 16.8 Å². The van der Waals surface area contributed by atoms with Crippen LogP contribution in [-0.2, 0) is 0 Å². The molecular weight excluding hydrogens is 711 g/mol. The van der Waals surface area contributed by atoms with Crippen molar-refractivity contribution in [3.05, 3.63) is 230 Å². The third-order valence-electron chi connectivity index (χ3n) is 12.0. The van der Waals surface area contributed by atoms with Gasteiger partial charge >= 0.3 is 0 Å². The van der Waals surface area contributed by atoms with Gasteiger partial charge in [0.15, 0.2) is 0 Å². The molecule has 0 amide bonds. The molecule has 0 aromatic heterocycles. The summed E-state index contributed by atoms with van der Waals surface area (Å²) in [6, 6.07) is 75.6. The number of benzene rings is 10. The van der Waals surface area contributed by atoms with E-state index >= 15 is 0 Å². The maximum Gasteiger partial charge on any atom is 0.0540 e. The van der Waals surface area contributed by atoms with E-state index in [4.69, 9.17) is 0 Å². The summed E-state index contributed by atoms with van der Waals surface area (Å²) in [4.78, 5) is 2.37. The third kappa shape index (κ3) is 6.11. The predicted octanol–water partition coefficient (Wildman–Crippen LogP) is 16.5. The number of hydrogen-bond donors (Lipinski definition) is 0. The van der Waals surface area contributed by atoms with Crippen LogP contribution in [0.3, 0.4) is 0 Å². The topological polar surface area (TPSA) is 3.24 Å². The lowest BCUT2D eigenvalue weighted by Gasteiger charge is -2.27. The minimum Gasteiger partial charge on any atom is -0.310 e. The molecule has 0 spiro atoms. The summed E-state index contributed by atoms with van der Waals surface area (Å²) in [5.74, 6) is 0. The molecule has 1 aliphatic carbocycles. The van der Waals surface area contributed by atoms with Crippen LogP contribution in [0.5, 0.6) is 0 Å². The van der Waals surface area contributed by atoms with E-state index < -0.39 is 0 Å². The first kappa shape index (κ1) is 34.7. The molecule has 1 aliphatic rings. The summed E-state index contributed by atoms with van der Waals surface area (Å²) < 4.78 is 0. The summed E-state index contributed by atoms with van der Waals surface area (Å²) in [7, 11) is 0. The number of hydrogen-bond acceptors (Lipinski definition) is 1. The predicted molar refractivity (Wildman–Crippen MR) is 254 cm³/mol. The Morgan fingerprint density at radius 3 is 1.71 bits per heavy atom. The van der Waals surface area contributed by atoms with Crippen LogP contribution >= 0.6 is 0 Å². The lowest BCUT2D eigenvalue weighted by Crippen LogP contribution is -2.10. The first-order chi connectivity index (χ1) is 29.3. The van der Waals surface area contributed by atoms with Crippen LogP contribution in [0.4, 0.5) is 17.1 Å². The van der Waals surface area contributed by atoms with Crippen molar-refractivity contribution in [2.45, 2.75) is 12.8 Å². The van der Waals surface area contributed by atoms with Crippen LogP contribution in [0.15, 0.2) is 224 Å². The lowest BCUT2D eigenvalue weighted by atomic mass is 9.80. The summed E-state index contributed by atoms with van der Waals surface area (Å²) in [6.45, 7) is 0. The number of anilines is 3. The van der Waals surface area contributed by atoms with Crippen molar-refractivity contribution in [1.82, 2.24) is 0 Å². The highest BCUT2D eigenvalue weighted by Gasteiger charge is 2.23. The van der Waals surface area contributed by atoms with Gasteiger partial charge in [-0.3, -0.25) is 0 Å². The fraction of sp³-hybridized carbons (Fsp3) is 0.0345. The van der Waals surface area contributed by atoms with E-state index in [2.05, 4.69) is 229 Å². The standard InChI is InChI=1S/C58H41N/c1-5-18-42(19-6-1)52-39-53(43-20-7-2-8-21-43)57-50-30-16-15-29-49(50)54-38-45(34-37-51(54)58(57)56(52)44-23-9-3-10-24-44)40-32-35-47(36-33-40)59(46-26-11-4-12-27-46)55-31-17-25-41-22-13-14-28-48(41)55/h2-5,7-39H,1,6H2. The maximum absolute atomic E-state index is 2.46. The summed E-state index contributed by atoms with van der Waals surface area (Å²) in [5.41, 5.74) is 13.4. The normalized spacial score (nSPS) is 12.6. The molecule has 0 aliphatic heterocycles. The van der Waals surface area contributed by atoms with E-state index in [1.165, 1.54) is 87.6 Å². The first-order valence-corrected chi connectivity index (χ1v) is 20.7. The largest absolute Gasteiger partial charge is 0.310 e. The Kier molecular flexibility index (Phi) is 8.71. The van der Waals surface area contributed by atoms with Crippen molar-refractivity contribution in [2.75, 3.05) is 4.90 Å². The van der Waals surface area contributed by atoms with Crippen molar-refractivity contribution in [1.29, 1.82) is 0 Å². The molecule has 0 heterocycles. The SMILES string of the molecule is C1=CC(c2cc(-c3ccccc3)c3c4ccccc4c4cc(-c5ccc(N(c6ccccc6)c6cccc7ccccc67)cc5)ccc4c3c2-c2ccccc2)=CCC1. The molecule has 0 N–H and O–H groups in total. The van der Waals surface area contributed by atoms with E-state index in [1.807, 2.05) is 0 Å². The number of nitrogens with zero attached hydrogens (tertiary/aromatic N) is 1. The molecule has 0 radical (unpaired) electrons. The van der Waals surface area contributed by atoms with Gasteiger partial charge in [-0.2, -0.15) is 0 Å². The van der Waals surface area contributed by atoms with Crippen molar-refractivity contribution in [2.24, 2.45) is 0 Å². The van der Waals surface area contributed by atoms with Crippen molar-refractivity contribution < 1.29 is 0 Å². The molecule has 0 unspecified atom stereocenters. The van der Waals surface area contributed by atoms with Crippen molar-refractivity contribution in [3.63, 3.8) is 0 Å². The monoisotopic (exact) mass is 751 g/mol. The van der Waals surface area contributed by atoms with Crippen LogP contribution in [0.1, 0.15) is 18.4 Å². The second-order valence-electron chi connectivity index (χ2n) is 15.5. The second kappa shape index (κ2) is 14.8. The smallest absolute Gasteiger partial charge is 0.0540 e. The zero-order valence-corrected chi connectivity index (χ0v) is 32.7. The van der Waals surface area contributed by atoms with Gasteiger partial charge in [0.1, 0.15) is 0 Å². The average molecular weight is 752 g/mol. The van der Waals surface area contributed by atoms with Crippen LogP contribution in [0, 0.1) is 0 Å². The molecule has 1 heteroatoms. The van der Waals surface area contributed by atoms with E-state index in [0.717, 1.165) is 29.9 Å². The summed E-state index contributed by atoms with van der Waals surface area (Å²) >= 11 is 0. The highest BCUT2D eigenvalue weighted by atomic mass is 15.1. The molecule has 10 aromatic rings. The van der Waals surface area contributed by atoms with E-state index in [9.17, 15) is 0 Å². The van der Waals surface area contributed by atoms with Gasteiger partial charge in [-0.05, 0) is 138 Å². The maximum atomic E-state index is 2.46. The number of rotatable bonds is 7. The fourth-order valence-corrected chi connectivity index (χ4v) is 9.33. The highest BCUT2D eigenvalue weighted by Crippen LogP contribution is 2.49. The summed E-state index contributed by atoms with van der Waals surface area (Å²) in [6.07, 6.45) is 9.20. The Morgan fingerprint density at radius 1 is 0.356 bits per heavy atom. The molecule has 0 fully saturated rings. The number of fused-ring (bicyclic) bond motifs is 7. The Morgan fingerprint density at radius 2 is 0.966 bits per heavy atom.